The second-order valence-corrected chi connectivity index (χ2v) is 3.45. The summed E-state index contributed by atoms with van der Waals surface area (Å²) in [5, 5.41) is 17.7. The number of para-hydroxylation sites is 1. The van der Waals surface area contributed by atoms with Crippen LogP contribution < -0.4 is 4.90 Å². The maximum Gasteiger partial charge on any atom is 0.127 e. The number of hydrogen-bond acceptors (Lipinski definition) is 4. The van der Waals surface area contributed by atoms with Crippen molar-refractivity contribution in [3.8, 4) is 0 Å². The molecule has 0 spiro atoms. The van der Waals surface area contributed by atoms with E-state index in [0.717, 1.165) is 5.69 Å². The second-order valence-electron chi connectivity index (χ2n) is 3.45. The number of benzene rings is 1. The molecule has 0 fully saturated rings. The first-order valence-corrected chi connectivity index (χ1v) is 5.44. The largest absolute Gasteiger partial charge is 0.395 e. The van der Waals surface area contributed by atoms with E-state index in [9.17, 15) is 0 Å². The fourth-order valence-electron chi connectivity index (χ4n) is 1.56. The molecule has 1 rings (SSSR count). The standard InChI is InChI=1S/C12H19NO3/c1-11(16-10-9-15)13(7-8-14)12-5-3-2-4-6-12/h2-6,11,14-15H,7-10H2,1H3. The summed E-state index contributed by atoms with van der Waals surface area (Å²) in [6.07, 6.45) is -0.165. The van der Waals surface area contributed by atoms with Gasteiger partial charge >= 0.3 is 0 Å². The molecule has 0 amide bonds. The molecule has 1 aromatic rings. The van der Waals surface area contributed by atoms with Gasteiger partial charge in [0.1, 0.15) is 6.23 Å². The average Bonchev–Trinajstić information content (AvgIpc) is 2.34. The van der Waals surface area contributed by atoms with E-state index in [1.165, 1.54) is 0 Å². The van der Waals surface area contributed by atoms with Gasteiger partial charge in [0.15, 0.2) is 0 Å². The SMILES string of the molecule is CC(OCCO)N(CCO)c1ccccc1. The summed E-state index contributed by atoms with van der Waals surface area (Å²) >= 11 is 0. The van der Waals surface area contributed by atoms with Crippen LogP contribution in [0.1, 0.15) is 6.92 Å². The molecule has 0 heterocycles. The maximum absolute atomic E-state index is 9.03. The molecule has 90 valence electrons. The molecule has 2 N–H and O–H groups in total. The van der Waals surface area contributed by atoms with Crippen LogP contribution in [0.5, 0.6) is 0 Å². The summed E-state index contributed by atoms with van der Waals surface area (Å²) in [5.41, 5.74) is 1.00. The smallest absolute Gasteiger partial charge is 0.127 e. The predicted molar refractivity (Wildman–Crippen MR) is 63.4 cm³/mol. The number of aliphatic hydroxyl groups is 2. The van der Waals surface area contributed by atoms with Crippen molar-refractivity contribution in [1.82, 2.24) is 0 Å². The number of anilines is 1. The molecule has 16 heavy (non-hydrogen) atoms. The van der Waals surface area contributed by atoms with Gasteiger partial charge in [-0.2, -0.15) is 0 Å². The van der Waals surface area contributed by atoms with Crippen LogP contribution >= 0.6 is 0 Å². The lowest BCUT2D eigenvalue weighted by Gasteiger charge is -2.30. The van der Waals surface area contributed by atoms with Gasteiger partial charge in [-0.15, -0.1) is 0 Å². The third-order valence-electron chi connectivity index (χ3n) is 2.32. The second kappa shape index (κ2) is 7.22. The third-order valence-corrected chi connectivity index (χ3v) is 2.32. The van der Waals surface area contributed by atoms with Crippen LogP contribution in [0.15, 0.2) is 30.3 Å². The molecule has 1 atom stereocenters. The molecule has 1 unspecified atom stereocenters. The van der Waals surface area contributed by atoms with Gasteiger partial charge in [-0.1, -0.05) is 18.2 Å². The Labute approximate surface area is 96.1 Å². The summed E-state index contributed by atoms with van der Waals surface area (Å²) in [6.45, 7) is 2.79. The van der Waals surface area contributed by atoms with Gasteiger partial charge in [0.25, 0.3) is 0 Å². The number of ether oxygens (including phenoxy) is 1. The topological polar surface area (TPSA) is 52.9 Å². The van der Waals surface area contributed by atoms with E-state index < -0.39 is 0 Å². The van der Waals surface area contributed by atoms with Crippen molar-refractivity contribution >= 4 is 5.69 Å². The molecular weight excluding hydrogens is 206 g/mol. The number of hydrogen-bond donors (Lipinski definition) is 2. The van der Waals surface area contributed by atoms with Crippen LogP contribution in [-0.2, 0) is 4.74 Å². The van der Waals surface area contributed by atoms with Crippen molar-refractivity contribution in [3.63, 3.8) is 0 Å². The molecule has 0 aliphatic carbocycles. The first kappa shape index (κ1) is 13.0. The van der Waals surface area contributed by atoms with Crippen LogP contribution in [-0.4, -0.2) is 42.8 Å². The molecule has 0 aromatic heterocycles. The van der Waals surface area contributed by atoms with Crippen molar-refractivity contribution in [2.45, 2.75) is 13.2 Å². The van der Waals surface area contributed by atoms with Crippen LogP contribution in [0.4, 0.5) is 5.69 Å². The summed E-state index contributed by atoms with van der Waals surface area (Å²) in [6, 6.07) is 9.76. The highest BCUT2D eigenvalue weighted by Gasteiger charge is 2.13. The molecule has 1 aromatic carbocycles. The van der Waals surface area contributed by atoms with Gasteiger partial charge < -0.3 is 19.8 Å². The molecule has 4 heteroatoms. The Morgan fingerprint density at radius 3 is 2.44 bits per heavy atom. The van der Waals surface area contributed by atoms with Crippen molar-refractivity contribution in [2.75, 3.05) is 31.3 Å². The van der Waals surface area contributed by atoms with Crippen molar-refractivity contribution < 1.29 is 14.9 Å². The highest BCUT2D eigenvalue weighted by molar-refractivity contribution is 5.46. The monoisotopic (exact) mass is 225 g/mol. The van der Waals surface area contributed by atoms with E-state index in [4.69, 9.17) is 14.9 Å². The van der Waals surface area contributed by atoms with Crippen LogP contribution in [0.3, 0.4) is 0 Å². The van der Waals surface area contributed by atoms with E-state index in [-0.39, 0.29) is 19.4 Å². The van der Waals surface area contributed by atoms with E-state index in [1.54, 1.807) is 0 Å². The van der Waals surface area contributed by atoms with E-state index in [0.29, 0.717) is 13.2 Å². The summed E-state index contributed by atoms with van der Waals surface area (Å²) in [4.78, 5) is 1.95. The van der Waals surface area contributed by atoms with E-state index in [2.05, 4.69) is 0 Å². The molecular formula is C12H19NO3. The molecule has 0 saturated heterocycles. The Morgan fingerprint density at radius 1 is 1.19 bits per heavy atom. The van der Waals surface area contributed by atoms with Gasteiger partial charge in [0, 0.05) is 12.2 Å². The van der Waals surface area contributed by atoms with Gasteiger partial charge in [-0.25, -0.2) is 0 Å². The average molecular weight is 225 g/mol. The zero-order valence-corrected chi connectivity index (χ0v) is 9.54. The lowest BCUT2D eigenvalue weighted by Crippen LogP contribution is -2.37. The zero-order valence-electron chi connectivity index (χ0n) is 9.54. The van der Waals surface area contributed by atoms with Gasteiger partial charge in [-0.3, -0.25) is 0 Å². The van der Waals surface area contributed by atoms with Gasteiger partial charge in [0.2, 0.25) is 0 Å². The molecule has 0 radical (unpaired) electrons. The van der Waals surface area contributed by atoms with Crippen LogP contribution in [0, 0.1) is 0 Å². The van der Waals surface area contributed by atoms with Crippen molar-refractivity contribution in [2.24, 2.45) is 0 Å². The first-order valence-electron chi connectivity index (χ1n) is 5.44. The molecule has 0 saturated carbocycles. The fraction of sp³-hybridized carbons (Fsp3) is 0.500. The fourth-order valence-corrected chi connectivity index (χ4v) is 1.56. The predicted octanol–water partition coefficient (Wildman–Crippen LogP) is 0.840. The highest BCUT2D eigenvalue weighted by atomic mass is 16.5. The van der Waals surface area contributed by atoms with Crippen LogP contribution in [0.25, 0.3) is 0 Å². The Bertz CT molecular complexity index is 279. The van der Waals surface area contributed by atoms with Crippen LogP contribution in [0.2, 0.25) is 0 Å². The van der Waals surface area contributed by atoms with E-state index in [1.807, 2.05) is 42.2 Å². The highest BCUT2D eigenvalue weighted by Crippen LogP contribution is 2.16. The molecule has 0 aliphatic rings. The minimum atomic E-state index is -0.165. The van der Waals surface area contributed by atoms with Crippen molar-refractivity contribution in [3.05, 3.63) is 30.3 Å². The lowest BCUT2D eigenvalue weighted by atomic mass is 10.3. The van der Waals surface area contributed by atoms with Gasteiger partial charge in [0.05, 0.1) is 19.8 Å². The number of aliphatic hydroxyl groups excluding tert-OH is 2. The maximum atomic E-state index is 9.03. The number of nitrogens with zero attached hydrogens (tertiary/aromatic N) is 1. The zero-order chi connectivity index (χ0) is 11.8. The van der Waals surface area contributed by atoms with Crippen molar-refractivity contribution in [1.29, 1.82) is 0 Å². The van der Waals surface area contributed by atoms with Gasteiger partial charge in [-0.05, 0) is 19.1 Å². The Balaban J connectivity index is 2.66. The van der Waals surface area contributed by atoms with E-state index >= 15 is 0 Å². The summed E-state index contributed by atoms with van der Waals surface area (Å²) in [5.74, 6) is 0. The first-order chi connectivity index (χ1) is 7.79. The normalized spacial score (nSPS) is 12.4. The Morgan fingerprint density at radius 2 is 1.88 bits per heavy atom. The summed E-state index contributed by atoms with van der Waals surface area (Å²) < 4.78 is 5.43. The molecule has 4 nitrogen and oxygen atoms in total. The quantitative estimate of drug-likeness (QED) is 0.675. The third kappa shape index (κ3) is 3.81. The molecule has 0 bridgehead atoms. The Kier molecular flexibility index (Phi) is 5.85. The molecule has 0 aliphatic heterocycles. The number of rotatable bonds is 7. The summed E-state index contributed by atoms with van der Waals surface area (Å²) in [7, 11) is 0. The Hall–Kier alpha value is -1.10. The minimum Gasteiger partial charge on any atom is -0.395 e. The lowest BCUT2D eigenvalue weighted by molar-refractivity contribution is 0.0355. The minimum absolute atomic E-state index is 0.00605.